The summed E-state index contributed by atoms with van der Waals surface area (Å²) >= 11 is 1.66. The minimum Gasteiger partial charge on any atom is -0.497 e. The molecule has 0 saturated heterocycles. The van der Waals surface area contributed by atoms with Gasteiger partial charge < -0.3 is 20.9 Å². The van der Waals surface area contributed by atoms with Crippen LogP contribution in [0.15, 0.2) is 101 Å². The Kier molecular flexibility index (Phi) is 8.34. The molecule has 0 atom stereocenters. The number of carbonyl (C=O) groups excluding carboxylic acids is 1. The number of ether oxygens (including phenoxy) is 1. The van der Waals surface area contributed by atoms with Crippen LogP contribution in [-0.4, -0.2) is 29.7 Å². The number of rotatable bonds is 10. The van der Waals surface area contributed by atoms with Gasteiger partial charge in [-0.1, -0.05) is 54.2 Å². The van der Waals surface area contributed by atoms with Gasteiger partial charge in [-0.3, -0.25) is 9.78 Å². The van der Waals surface area contributed by atoms with Crippen LogP contribution in [-0.2, 0) is 6.42 Å². The number of fused-ring (bicyclic) bond motifs is 1. The highest BCUT2D eigenvalue weighted by Crippen LogP contribution is 2.37. The molecule has 202 valence electrons. The Bertz CT molecular complexity index is 1670. The van der Waals surface area contributed by atoms with Crippen molar-refractivity contribution in [1.82, 2.24) is 4.98 Å². The Hall–Kier alpha value is -4.33. The molecule has 4 aromatic carbocycles. The van der Waals surface area contributed by atoms with Crippen molar-refractivity contribution in [3.05, 3.63) is 108 Å². The molecular weight excluding hydrogens is 518 g/mol. The normalized spacial score (nSPS) is 11.0. The Morgan fingerprint density at radius 1 is 0.975 bits per heavy atom. The summed E-state index contributed by atoms with van der Waals surface area (Å²) in [6.45, 7) is 2.22. The second-order valence-electron chi connectivity index (χ2n) is 9.56. The molecule has 0 radical (unpaired) electrons. The molecule has 0 aliphatic heterocycles. The van der Waals surface area contributed by atoms with Crippen LogP contribution in [0.1, 0.15) is 27.9 Å². The number of aryl methyl sites for hydroxylation is 2. The van der Waals surface area contributed by atoms with Gasteiger partial charge in [0.2, 0.25) is 0 Å². The highest BCUT2D eigenvalue weighted by atomic mass is 32.2. The van der Waals surface area contributed by atoms with Crippen molar-refractivity contribution in [2.45, 2.75) is 29.6 Å². The van der Waals surface area contributed by atoms with E-state index in [2.05, 4.69) is 71.0 Å². The molecule has 0 spiro atoms. The molecule has 0 bridgehead atoms. The number of hydrogen-bond donors (Lipinski definition) is 3. The minimum absolute atomic E-state index is 0.202. The van der Waals surface area contributed by atoms with Gasteiger partial charge >= 0.3 is 0 Å². The van der Waals surface area contributed by atoms with E-state index in [1.54, 1.807) is 18.9 Å². The molecule has 5 aromatic rings. The Labute approximate surface area is 238 Å². The Morgan fingerprint density at radius 2 is 1.77 bits per heavy atom. The smallest absolute Gasteiger partial charge is 0.252 e. The van der Waals surface area contributed by atoms with Gasteiger partial charge in [0.05, 0.1) is 23.9 Å². The quantitative estimate of drug-likeness (QED) is 0.171. The number of carbonyl (C=O) groups is 1. The molecule has 40 heavy (non-hydrogen) atoms. The van der Waals surface area contributed by atoms with Gasteiger partial charge in [0, 0.05) is 39.7 Å². The lowest BCUT2D eigenvalue weighted by atomic mass is 10.0. The molecule has 0 unspecified atom stereocenters. The summed E-state index contributed by atoms with van der Waals surface area (Å²) in [5, 5.41) is 13.3. The van der Waals surface area contributed by atoms with E-state index in [1.165, 1.54) is 11.8 Å². The largest absolute Gasteiger partial charge is 0.497 e. The number of primary amides is 1. The SMILES string of the molecule is COc1cccc(Nc2c(C(N)=O)cnc3c(C)cc(Sc4cccc(-c5ccc(CCCO)cc5)c4)cc23)c1. The Morgan fingerprint density at radius 3 is 2.52 bits per heavy atom. The first-order valence-corrected chi connectivity index (χ1v) is 13.9. The fourth-order valence-corrected chi connectivity index (χ4v) is 5.71. The van der Waals surface area contributed by atoms with Gasteiger partial charge in [0.15, 0.2) is 0 Å². The van der Waals surface area contributed by atoms with Crippen LogP contribution < -0.4 is 15.8 Å². The number of amides is 1. The van der Waals surface area contributed by atoms with E-state index in [0.29, 0.717) is 17.0 Å². The average molecular weight is 550 g/mol. The number of aromatic nitrogens is 1. The molecule has 7 heteroatoms. The van der Waals surface area contributed by atoms with Crippen molar-refractivity contribution in [3.63, 3.8) is 0 Å². The van der Waals surface area contributed by atoms with Crippen LogP contribution >= 0.6 is 11.8 Å². The predicted octanol–water partition coefficient (Wildman–Crippen LogP) is 7.14. The summed E-state index contributed by atoms with van der Waals surface area (Å²) in [5.41, 5.74) is 12.8. The summed E-state index contributed by atoms with van der Waals surface area (Å²) < 4.78 is 5.37. The van der Waals surface area contributed by atoms with Crippen molar-refractivity contribution < 1.29 is 14.6 Å². The van der Waals surface area contributed by atoms with Crippen LogP contribution in [0.5, 0.6) is 5.75 Å². The summed E-state index contributed by atoms with van der Waals surface area (Å²) in [4.78, 5) is 19.1. The number of aliphatic hydroxyl groups is 1. The topological polar surface area (TPSA) is 97.5 Å². The molecule has 5 rings (SSSR count). The van der Waals surface area contributed by atoms with Crippen molar-refractivity contribution >= 4 is 39.9 Å². The number of methoxy groups -OCH3 is 1. The molecule has 0 aliphatic rings. The van der Waals surface area contributed by atoms with E-state index in [-0.39, 0.29) is 6.61 Å². The zero-order valence-corrected chi connectivity index (χ0v) is 23.3. The third-order valence-electron chi connectivity index (χ3n) is 6.72. The van der Waals surface area contributed by atoms with E-state index in [0.717, 1.165) is 55.9 Å². The molecule has 1 heterocycles. The van der Waals surface area contributed by atoms with Crippen molar-refractivity contribution in [3.8, 4) is 16.9 Å². The number of hydrogen-bond acceptors (Lipinski definition) is 6. The van der Waals surface area contributed by atoms with Crippen LogP contribution in [0, 0.1) is 6.92 Å². The maximum atomic E-state index is 12.4. The summed E-state index contributed by atoms with van der Waals surface area (Å²) in [6, 6.07) is 28.6. The summed E-state index contributed by atoms with van der Waals surface area (Å²) in [5.74, 6) is 0.154. The first kappa shape index (κ1) is 27.2. The minimum atomic E-state index is -0.550. The third kappa shape index (κ3) is 6.11. The monoisotopic (exact) mass is 549 g/mol. The van der Waals surface area contributed by atoms with Crippen LogP contribution in [0.4, 0.5) is 11.4 Å². The van der Waals surface area contributed by atoms with Gasteiger partial charge in [0.1, 0.15) is 5.75 Å². The Balaban J connectivity index is 1.50. The zero-order chi connectivity index (χ0) is 28.1. The average Bonchev–Trinajstić information content (AvgIpc) is 2.97. The molecule has 0 saturated carbocycles. The molecule has 1 amide bonds. The van der Waals surface area contributed by atoms with E-state index in [4.69, 9.17) is 15.6 Å². The number of nitrogens with two attached hydrogens (primary N) is 1. The molecule has 0 fully saturated rings. The fourth-order valence-electron chi connectivity index (χ4n) is 4.69. The van der Waals surface area contributed by atoms with Crippen LogP contribution in [0.2, 0.25) is 0 Å². The number of nitrogens with zero attached hydrogens (tertiary/aromatic N) is 1. The van der Waals surface area contributed by atoms with Crippen LogP contribution in [0.3, 0.4) is 0 Å². The number of anilines is 2. The summed E-state index contributed by atoms with van der Waals surface area (Å²) in [7, 11) is 1.62. The third-order valence-corrected chi connectivity index (χ3v) is 7.68. The highest BCUT2D eigenvalue weighted by Gasteiger charge is 2.16. The van der Waals surface area contributed by atoms with Crippen molar-refractivity contribution in [2.75, 3.05) is 19.0 Å². The van der Waals surface area contributed by atoms with Crippen molar-refractivity contribution in [1.29, 1.82) is 0 Å². The second-order valence-corrected chi connectivity index (χ2v) is 10.7. The van der Waals surface area contributed by atoms with Crippen LogP contribution in [0.25, 0.3) is 22.0 Å². The highest BCUT2D eigenvalue weighted by molar-refractivity contribution is 7.99. The molecular formula is C33H31N3O3S. The standard InChI is InChI=1S/C33H31N3O3S/c1-21-16-28(40-27-10-3-7-24(17-27)23-13-11-22(12-14-23)6-5-15-37)19-29-31(21)35-20-30(33(34)38)32(29)36-25-8-4-9-26(18-25)39-2/h3-4,7-14,16-20,37H,5-6,15H2,1-2H3,(H2,34,38)(H,35,36). The van der Waals surface area contributed by atoms with E-state index in [1.807, 2.05) is 31.2 Å². The molecule has 1 aromatic heterocycles. The maximum absolute atomic E-state index is 12.4. The lowest BCUT2D eigenvalue weighted by Gasteiger charge is -2.16. The maximum Gasteiger partial charge on any atom is 0.252 e. The lowest BCUT2D eigenvalue weighted by Crippen LogP contribution is -2.14. The van der Waals surface area contributed by atoms with Crippen molar-refractivity contribution in [2.24, 2.45) is 5.73 Å². The number of nitrogens with one attached hydrogen (secondary N) is 1. The van der Waals surface area contributed by atoms with Gasteiger partial charge in [-0.15, -0.1) is 0 Å². The number of pyridine rings is 1. The molecule has 6 nitrogen and oxygen atoms in total. The molecule has 0 aliphatic carbocycles. The summed E-state index contributed by atoms with van der Waals surface area (Å²) in [6.07, 6.45) is 3.17. The zero-order valence-electron chi connectivity index (χ0n) is 22.5. The van der Waals surface area contributed by atoms with E-state index in [9.17, 15) is 4.79 Å². The second kappa shape index (κ2) is 12.2. The van der Waals surface area contributed by atoms with E-state index >= 15 is 0 Å². The molecule has 4 N–H and O–H groups in total. The van der Waals surface area contributed by atoms with Gasteiger partial charge in [0.25, 0.3) is 5.91 Å². The van der Waals surface area contributed by atoms with E-state index < -0.39 is 5.91 Å². The fraction of sp³-hybridized carbons (Fsp3) is 0.152. The van der Waals surface area contributed by atoms with Gasteiger partial charge in [-0.25, -0.2) is 0 Å². The van der Waals surface area contributed by atoms with Gasteiger partial charge in [-0.05, 0) is 78.4 Å². The lowest BCUT2D eigenvalue weighted by molar-refractivity contribution is 0.100. The number of benzene rings is 4. The first-order valence-electron chi connectivity index (χ1n) is 13.1. The number of aliphatic hydroxyl groups excluding tert-OH is 1. The van der Waals surface area contributed by atoms with Gasteiger partial charge in [-0.2, -0.15) is 0 Å². The first-order chi connectivity index (χ1) is 19.4. The predicted molar refractivity (Wildman–Crippen MR) is 163 cm³/mol.